The SMILES string of the molecule is CC(C)COc1cncc(N2CC3CCC(C3)C2)c1. The van der Waals surface area contributed by atoms with Crippen molar-refractivity contribution in [3.8, 4) is 5.75 Å². The normalized spacial score (nSPS) is 25.9. The van der Waals surface area contributed by atoms with Crippen LogP contribution in [0.2, 0.25) is 0 Å². The Morgan fingerprint density at radius 1 is 1.26 bits per heavy atom. The highest BCUT2D eigenvalue weighted by atomic mass is 16.5. The van der Waals surface area contributed by atoms with Crippen LogP contribution in [0.4, 0.5) is 5.69 Å². The average Bonchev–Trinajstić information content (AvgIpc) is 2.75. The molecule has 2 fully saturated rings. The quantitative estimate of drug-likeness (QED) is 0.830. The van der Waals surface area contributed by atoms with E-state index in [1.807, 2.05) is 12.4 Å². The predicted octanol–water partition coefficient (Wildman–Crippen LogP) is 3.35. The lowest BCUT2D eigenvalue weighted by atomic mass is 9.98. The Labute approximate surface area is 116 Å². The molecule has 1 aliphatic carbocycles. The van der Waals surface area contributed by atoms with Gasteiger partial charge in [0.15, 0.2) is 0 Å². The Kier molecular flexibility index (Phi) is 3.63. The molecule has 0 N–H and O–H groups in total. The van der Waals surface area contributed by atoms with Crippen LogP contribution >= 0.6 is 0 Å². The third kappa shape index (κ3) is 3.02. The fraction of sp³-hybridized carbons (Fsp3) is 0.688. The Hall–Kier alpha value is -1.25. The van der Waals surface area contributed by atoms with E-state index in [-0.39, 0.29) is 0 Å². The van der Waals surface area contributed by atoms with E-state index < -0.39 is 0 Å². The lowest BCUT2D eigenvalue weighted by molar-refractivity contribution is 0.270. The highest BCUT2D eigenvalue weighted by Gasteiger charge is 2.33. The number of anilines is 1. The fourth-order valence-electron chi connectivity index (χ4n) is 3.34. The minimum absolute atomic E-state index is 0.550. The van der Waals surface area contributed by atoms with Gasteiger partial charge in [-0.25, -0.2) is 0 Å². The molecule has 2 heterocycles. The van der Waals surface area contributed by atoms with Crippen molar-refractivity contribution in [2.45, 2.75) is 33.1 Å². The van der Waals surface area contributed by atoms with Crippen LogP contribution in [0.15, 0.2) is 18.5 Å². The minimum atomic E-state index is 0.550. The van der Waals surface area contributed by atoms with Crippen molar-refractivity contribution in [1.82, 2.24) is 4.98 Å². The Balaban J connectivity index is 1.68. The summed E-state index contributed by atoms with van der Waals surface area (Å²) >= 11 is 0. The molecule has 2 aliphatic rings. The van der Waals surface area contributed by atoms with E-state index in [2.05, 4.69) is 29.8 Å². The third-order valence-electron chi connectivity index (χ3n) is 4.25. The highest BCUT2D eigenvalue weighted by molar-refractivity contribution is 5.48. The van der Waals surface area contributed by atoms with Gasteiger partial charge in [0, 0.05) is 19.2 Å². The first-order valence-electron chi connectivity index (χ1n) is 7.53. The monoisotopic (exact) mass is 260 g/mol. The molecule has 19 heavy (non-hydrogen) atoms. The molecule has 2 bridgehead atoms. The number of nitrogens with zero attached hydrogens (tertiary/aromatic N) is 2. The molecule has 1 aromatic heterocycles. The lowest BCUT2D eigenvalue weighted by Crippen LogP contribution is -2.36. The zero-order chi connectivity index (χ0) is 13.2. The number of aromatic nitrogens is 1. The number of fused-ring (bicyclic) bond motifs is 2. The number of ether oxygens (including phenoxy) is 1. The van der Waals surface area contributed by atoms with E-state index in [0.29, 0.717) is 5.92 Å². The van der Waals surface area contributed by atoms with Gasteiger partial charge < -0.3 is 9.64 Å². The summed E-state index contributed by atoms with van der Waals surface area (Å²) in [6, 6.07) is 2.15. The standard InChI is InChI=1S/C16H24N2O/c1-12(2)11-19-16-6-15(7-17-8-16)18-9-13-3-4-14(5-13)10-18/h6-8,12-14H,3-5,9-11H2,1-2H3. The molecule has 2 atom stereocenters. The summed E-state index contributed by atoms with van der Waals surface area (Å²) in [6.07, 6.45) is 8.07. The highest BCUT2D eigenvalue weighted by Crippen LogP contribution is 2.38. The molecule has 3 heteroatoms. The molecule has 0 amide bonds. The van der Waals surface area contributed by atoms with Gasteiger partial charge in [-0.15, -0.1) is 0 Å². The van der Waals surface area contributed by atoms with Crippen molar-refractivity contribution in [3.63, 3.8) is 0 Å². The van der Waals surface area contributed by atoms with Gasteiger partial charge in [0.1, 0.15) is 5.75 Å². The average molecular weight is 260 g/mol. The van der Waals surface area contributed by atoms with Crippen LogP contribution in [0.1, 0.15) is 33.1 Å². The predicted molar refractivity (Wildman–Crippen MR) is 77.6 cm³/mol. The van der Waals surface area contributed by atoms with E-state index >= 15 is 0 Å². The summed E-state index contributed by atoms with van der Waals surface area (Å²) in [4.78, 5) is 6.84. The maximum Gasteiger partial charge on any atom is 0.139 e. The summed E-state index contributed by atoms with van der Waals surface area (Å²) in [5, 5.41) is 0. The van der Waals surface area contributed by atoms with Gasteiger partial charge >= 0.3 is 0 Å². The van der Waals surface area contributed by atoms with Crippen LogP contribution in [0.25, 0.3) is 0 Å². The van der Waals surface area contributed by atoms with E-state index in [9.17, 15) is 0 Å². The van der Waals surface area contributed by atoms with E-state index in [0.717, 1.165) is 24.2 Å². The second-order valence-electron chi connectivity index (χ2n) is 6.53. The molecule has 1 saturated carbocycles. The first-order chi connectivity index (χ1) is 9.20. The Morgan fingerprint density at radius 2 is 2.00 bits per heavy atom. The summed E-state index contributed by atoms with van der Waals surface area (Å²) in [5.41, 5.74) is 1.23. The van der Waals surface area contributed by atoms with Crippen molar-refractivity contribution in [1.29, 1.82) is 0 Å². The van der Waals surface area contributed by atoms with Crippen LogP contribution in [-0.4, -0.2) is 24.7 Å². The molecule has 1 aromatic rings. The summed E-state index contributed by atoms with van der Waals surface area (Å²) < 4.78 is 5.78. The molecular weight excluding hydrogens is 236 g/mol. The Morgan fingerprint density at radius 3 is 2.68 bits per heavy atom. The number of hydrogen-bond donors (Lipinski definition) is 0. The summed E-state index contributed by atoms with van der Waals surface area (Å²) in [5.74, 6) is 3.26. The van der Waals surface area contributed by atoms with Crippen LogP contribution in [0.3, 0.4) is 0 Å². The third-order valence-corrected chi connectivity index (χ3v) is 4.25. The zero-order valence-corrected chi connectivity index (χ0v) is 12.0. The first kappa shape index (κ1) is 12.8. The van der Waals surface area contributed by atoms with E-state index in [4.69, 9.17) is 4.74 Å². The van der Waals surface area contributed by atoms with Crippen LogP contribution in [0.5, 0.6) is 5.75 Å². The van der Waals surface area contributed by atoms with Gasteiger partial charge in [-0.3, -0.25) is 4.98 Å². The molecule has 3 nitrogen and oxygen atoms in total. The topological polar surface area (TPSA) is 25.4 Å². The van der Waals surface area contributed by atoms with Crippen molar-refractivity contribution in [2.24, 2.45) is 17.8 Å². The van der Waals surface area contributed by atoms with Crippen molar-refractivity contribution in [2.75, 3.05) is 24.6 Å². The van der Waals surface area contributed by atoms with Gasteiger partial charge in [0.05, 0.1) is 24.7 Å². The minimum Gasteiger partial charge on any atom is -0.492 e. The largest absolute Gasteiger partial charge is 0.492 e. The van der Waals surface area contributed by atoms with Crippen molar-refractivity contribution >= 4 is 5.69 Å². The second kappa shape index (κ2) is 5.40. The van der Waals surface area contributed by atoms with Crippen LogP contribution in [0, 0.1) is 17.8 Å². The van der Waals surface area contributed by atoms with Crippen LogP contribution in [-0.2, 0) is 0 Å². The molecule has 104 valence electrons. The fourth-order valence-corrected chi connectivity index (χ4v) is 3.34. The Bertz CT molecular complexity index is 421. The smallest absolute Gasteiger partial charge is 0.139 e. The molecule has 0 aromatic carbocycles. The summed E-state index contributed by atoms with van der Waals surface area (Å²) in [6.45, 7) is 7.49. The van der Waals surface area contributed by atoms with Crippen LogP contribution < -0.4 is 9.64 Å². The van der Waals surface area contributed by atoms with Crippen molar-refractivity contribution < 1.29 is 4.74 Å². The second-order valence-corrected chi connectivity index (χ2v) is 6.53. The number of hydrogen-bond acceptors (Lipinski definition) is 3. The van der Waals surface area contributed by atoms with Gasteiger partial charge in [-0.1, -0.05) is 13.8 Å². The molecule has 3 rings (SSSR count). The maximum absolute atomic E-state index is 5.78. The maximum atomic E-state index is 5.78. The summed E-state index contributed by atoms with van der Waals surface area (Å²) in [7, 11) is 0. The van der Waals surface area contributed by atoms with Gasteiger partial charge in [-0.2, -0.15) is 0 Å². The van der Waals surface area contributed by atoms with Gasteiger partial charge in [0.25, 0.3) is 0 Å². The molecule has 1 aliphatic heterocycles. The molecule has 1 saturated heterocycles. The molecule has 2 unspecified atom stereocenters. The molecular formula is C16H24N2O. The van der Waals surface area contributed by atoms with Gasteiger partial charge in [-0.05, 0) is 37.0 Å². The number of piperidine rings is 1. The van der Waals surface area contributed by atoms with Crippen molar-refractivity contribution in [3.05, 3.63) is 18.5 Å². The van der Waals surface area contributed by atoms with Gasteiger partial charge in [0.2, 0.25) is 0 Å². The van der Waals surface area contributed by atoms with E-state index in [1.54, 1.807) is 0 Å². The zero-order valence-electron chi connectivity index (χ0n) is 12.0. The number of rotatable bonds is 4. The van der Waals surface area contributed by atoms with E-state index in [1.165, 1.54) is 38.0 Å². The first-order valence-corrected chi connectivity index (χ1v) is 7.53. The molecule has 0 spiro atoms. The number of pyridine rings is 1. The molecule has 0 radical (unpaired) electrons. The lowest BCUT2D eigenvalue weighted by Gasteiger charge is -2.33.